The summed E-state index contributed by atoms with van der Waals surface area (Å²) in [5, 5.41) is 9.42. The van der Waals surface area contributed by atoms with Crippen LogP contribution in [0.3, 0.4) is 0 Å². The van der Waals surface area contributed by atoms with Crippen molar-refractivity contribution in [2.75, 3.05) is 24.5 Å². The van der Waals surface area contributed by atoms with E-state index < -0.39 is 0 Å². The Balaban J connectivity index is 1.57. The predicted molar refractivity (Wildman–Crippen MR) is 96.2 cm³/mol. The molecule has 0 aromatic carbocycles. The number of aromatic nitrogens is 1. The fraction of sp³-hybridized carbons (Fsp3) is 0.650. The molecule has 1 spiro atoms. The van der Waals surface area contributed by atoms with E-state index in [9.17, 15) is 10.1 Å². The average Bonchev–Trinajstić information content (AvgIpc) is 3.28. The number of aryl methyl sites for hydroxylation is 1. The third-order valence-corrected chi connectivity index (χ3v) is 6.32. The number of likely N-dealkylation sites (tertiary alicyclic amines) is 1. The van der Waals surface area contributed by atoms with Gasteiger partial charge in [-0.3, -0.25) is 4.79 Å². The molecular formula is C20H26N4O. The lowest BCUT2D eigenvalue weighted by Gasteiger charge is -2.42. The lowest BCUT2D eigenvalue weighted by molar-refractivity contribution is -0.147. The van der Waals surface area contributed by atoms with Crippen LogP contribution in [0.25, 0.3) is 0 Å². The van der Waals surface area contributed by atoms with Crippen LogP contribution in [0.1, 0.15) is 56.2 Å². The summed E-state index contributed by atoms with van der Waals surface area (Å²) < 4.78 is 0. The first kappa shape index (κ1) is 16.4. The topological polar surface area (TPSA) is 60.2 Å². The molecular weight excluding hydrogens is 312 g/mol. The highest BCUT2D eigenvalue weighted by atomic mass is 16.2. The Kier molecular flexibility index (Phi) is 4.15. The van der Waals surface area contributed by atoms with Crippen molar-refractivity contribution in [1.82, 2.24) is 9.88 Å². The van der Waals surface area contributed by atoms with Gasteiger partial charge in [0, 0.05) is 31.4 Å². The largest absolute Gasteiger partial charge is 0.354 e. The van der Waals surface area contributed by atoms with E-state index in [1.807, 2.05) is 19.1 Å². The molecule has 1 aromatic heterocycles. The molecule has 2 saturated heterocycles. The Morgan fingerprint density at radius 3 is 2.76 bits per heavy atom. The third-order valence-electron chi connectivity index (χ3n) is 6.32. The van der Waals surface area contributed by atoms with E-state index in [0.29, 0.717) is 24.1 Å². The Hall–Kier alpha value is -2.09. The number of rotatable bonds is 2. The van der Waals surface area contributed by atoms with Crippen LogP contribution in [0.5, 0.6) is 0 Å². The van der Waals surface area contributed by atoms with Gasteiger partial charge in [-0.25, -0.2) is 4.98 Å². The van der Waals surface area contributed by atoms with Gasteiger partial charge in [0.15, 0.2) is 0 Å². The Morgan fingerprint density at radius 2 is 2.00 bits per heavy atom. The third kappa shape index (κ3) is 2.78. The summed E-state index contributed by atoms with van der Waals surface area (Å²) >= 11 is 0. The van der Waals surface area contributed by atoms with Crippen LogP contribution in [-0.4, -0.2) is 41.5 Å². The van der Waals surface area contributed by atoms with E-state index in [4.69, 9.17) is 0 Å². The summed E-state index contributed by atoms with van der Waals surface area (Å²) in [7, 11) is 0. The number of piperidine rings is 1. The van der Waals surface area contributed by atoms with Gasteiger partial charge >= 0.3 is 0 Å². The van der Waals surface area contributed by atoms with Gasteiger partial charge in [0.1, 0.15) is 11.9 Å². The van der Waals surface area contributed by atoms with E-state index in [-0.39, 0.29) is 5.41 Å². The van der Waals surface area contributed by atoms with Crippen LogP contribution >= 0.6 is 0 Å². The molecule has 5 nitrogen and oxygen atoms in total. The van der Waals surface area contributed by atoms with Crippen LogP contribution in [0.2, 0.25) is 0 Å². The lowest BCUT2D eigenvalue weighted by Crippen LogP contribution is -2.53. The molecule has 5 heteroatoms. The van der Waals surface area contributed by atoms with Crippen molar-refractivity contribution in [2.24, 2.45) is 5.41 Å². The quantitative estimate of drug-likeness (QED) is 0.832. The maximum Gasteiger partial charge on any atom is 0.230 e. The molecule has 1 saturated carbocycles. The molecule has 1 unspecified atom stereocenters. The van der Waals surface area contributed by atoms with Gasteiger partial charge in [0.25, 0.3) is 0 Å². The molecule has 25 heavy (non-hydrogen) atoms. The van der Waals surface area contributed by atoms with E-state index >= 15 is 0 Å². The minimum atomic E-state index is -0.265. The zero-order valence-corrected chi connectivity index (χ0v) is 15.0. The van der Waals surface area contributed by atoms with Gasteiger partial charge in [-0.15, -0.1) is 0 Å². The second-order valence-electron chi connectivity index (χ2n) is 7.93. The number of nitriles is 1. The number of carbonyl (C=O) groups excluding carboxylic acids is 1. The Labute approximate surface area is 149 Å². The van der Waals surface area contributed by atoms with Gasteiger partial charge in [-0.1, -0.05) is 12.8 Å². The van der Waals surface area contributed by atoms with Crippen molar-refractivity contribution in [2.45, 2.75) is 57.9 Å². The molecule has 0 radical (unpaired) electrons. The summed E-state index contributed by atoms with van der Waals surface area (Å²) in [5.41, 5.74) is 1.26. The standard InChI is InChI=1S/C20H26N4O/c1-15-7-8-16(13-21)18(22-15)23-12-10-20(14-23)9-4-11-24(19(20)25)17-5-2-3-6-17/h7-8,17H,2-6,9-12,14H2,1H3. The predicted octanol–water partition coefficient (Wildman–Crippen LogP) is 3.02. The van der Waals surface area contributed by atoms with Gasteiger partial charge in [0.2, 0.25) is 5.91 Å². The minimum Gasteiger partial charge on any atom is -0.354 e. The van der Waals surface area contributed by atoms with Crippen molar-refractivity contribution >= 4 is 11.7 Å². The number of nitrogens with zero attached hydrogens (tertiary/aromatic N) is 4. The fourth-order valence-corrected chi connectivity index (χ4v) is 4.97. The highest BCUT2D eigenvalue weighted by Crippen LogP contribution is 2.43. The molecule has 1 atom stereocenters. The molecule has 3 fully saturated rings. The van der Waals surface area contributed by atoms with Crippen LogP contribution in [0, 0.1) is 23.7 Å². The van der Waals surface area contributed by atoms with E-state index in [1.54, 1.807) is 0 Å². The lowest BCUT2D eigenvalue weighted by atomic mass is 9.77. The van der Waals surface area contributed by atoms with E-state index in [0.717, 1.165) is 43.9 Å². The molecule has 0 bridgehead atoms. The number of anilines is 1. The molecule has 1 amide bonds. The number of amides is 1. The Morgan fingerprint density at radius 1 is 1.20 bits per heavy atom. The van der Waals surface area contributed by atoms with Gasteiger partial charge in [-0.2, -0.15) is 5.26 Å². The molecule has 1 aromatic rings. The first-order chi connectivity index (χ1) is 12.1. The van der Waals surface area contributed by atoms with Gasteiger partial charge in [-0.05, 0) is 51.2 Å². The first-order valence-corrected chi connectivity index (χ1v) is 9.57. The second-order valence-corrected chi connectivity index (χ2v) is 7.93. The molecule has 132 valence electrons. The minimum absolute atomic E-state index is 0.265. The number of hydrogen-bond donors (Lipinski definition) is 0. The van der Waals surface area contributed by atoms with E-state index in [1.165, 1.54) is 25.7 Å². The molecule has 2 aliphatic heterocycles. The van der Waals surface area contributed by atoms with Crippen LogP contribution in [0.4, 0.5) is 5.82 Å². The van der Waals surface area contributed by atoms with Crippen molar-refractivity contribution < 1.29 is 4.79 Å². The van der Waals surface area contributed by atoms with Gasteiger partial charge in [0.05, 0.1) is 11.0 Å². The number of carbonyl (C=O) groups is 1. The van der Waals surface area contributed by atoms with Crippen LogP contribution < -0.4 is 4.90 Å². The van der Waals surface area contributed by atoms with Crippen molar-refractivity contribution in [3.63, 3.8) is 0 Å². The molecule has 3 heterocycles. The smallest absolute Gasteiger partial charge is 0.230 e. The summed E-state index contributed by atoms with van der Waals surface area (Å²) in [6, 6.07) is 6.44. The highest BCUT2D eigenvalue weighted by Gasteiger charge is 2.50. The molecule has 0 N–H and O–H groups in total. The molecule has 3 aliphatic rings. The zero-order valence-electron chi connectivity index (χ0n) is 15.0. The number of hydrogen-bond acceptors (Lipinski definition) is 4. The zero-order chi connectivity index (χ0) is 17.4. The van der Waals surface area contributed by atoms with Gasteiger partial charge < -0.3 is 9.80 Å². The van der Waals surface area contributed by atoms with E-state index in [2.05, 4.69) is 20.9 Å². The molecule has 4 rings (SSSR count). The fourth-order valence-electron chi connectivity index (χ4n) is 4.97. The van der Waals surface area contributed by atoms with Crippen molar-refractivity contribution in [1.29, 1.82) is 5.26 Å². The first-order valence-electron chi connectivity index (χ1n) is 9.57. The number of pyridine rings is 1. The second kappa shape index (κ2) is 6.33. The maximum atomic E-state index is 13.3. The SMILES string of the molecule is Cc1ccc(C#N)c(N2CCC3(CCCN(C4CCCC4)C3=O)C2)n1. The summed E-state index contributed by atoms with van der Waals surface area (Å²) in [4.78, 5) is 22.3. The Bertz CT molecular complexity index is 719. The molecule has 1 aliphatic carbocycles. The normalized spacial score (nSPS) is 27.3. The van der Waals surface area contributed by atoms with Crippen LogP contribution in [-0.2, 0) is 4.79 Å². The maximum absolute atomic E-state index is 13.3. The summed E-state index contributed by atoms with van der Waals surface area (Å²) in [6.07, 6.45) is 7.81. The monoisotopic (exact) mass is 338 g/mol. The van der Waals surface area contributed by atoms with Crippen LogP contribution in [0.15, 0.2) is 12.1 Å². The summed E-state index contributed by atoms with van der Waals surface area (Å²) in [6.45, 7) is 4.40. The highest BCUT2D eigenvalue weighted by molar-refractivity contribution is 5.85. The average molecular weight is 338 g/mol. The van der Waals surface area contributed by atoms with Crippen molar-refractivity contribution in [3.8, 4) is 6.07 Å². The van der Waals surface area contributed by atoms with Crippen molar-refractivity contribution in [3.05, 3.63) is 23.4 Å². The summed E-state index contributed by atoms with van der Waals surface area (Å²) in [5.74, 6) is 1.12.